The monoisotopic (exact) mass is 602 g/mol. The molecule has 1 amide bonds. The maximum Gasteiger partial charge on any atom is 0.410 e. The number of pyridine rings is 1. The van der Waals surface area contributed by atoms with Gasteiger partial charge < -0.3 is 29.3 Å². The summed E-state index contributed by atoms with van der Waals surface area (Å²) in [5.41, 5.74) is 0.398. The predicted octanol–water partition coefficient (Wildman–Crippen LogP) is 7.09. The molecule has 1 heterocycles. The number of carbonyl (C=O) groups excluding carboxylic acids is 1. The molecule has 0 radical (unpaired) electrons. The lowest BCUT2D eigenvalue weighted by molar-refractivity contribution is 0.0137. The molecule has 1 aromatic heterocycles. The highest BCUT2D eigenvalue weighted by Crippen LogP contribution is 2.41. The van der Waals surface area contributed by atoms with Crippen molar-refractivity contribution >= 4 is 42.9 Å². The average Bonchev–Trinajstić information content (AvgIpc) is 2.81. The highest BCUT2D eigenvalue weighted by atomic mass is 35.5. The number of amides is 1. The van der Waals surface area contributed by atoms with Crippen molar-refractivity contribution in [2.45, 2.75) is 77.9 Å². The minimum Gasteiger partial charge on any atom is -0.506 e. The number of aromatic carboxylic acids is 1. The Morgan fingerprint density at radius 2 is 1.71 bits per heavy atom. The molecule has 0 aliphatic heterocycles. The van der Waals surface area contributed by atoms with E-state index < -0.39 is 32.1 Å². The first-order chi connectivity index (χ1) is 18.8. The number of H-pyrrole nitrogens is 1. The number of aromatic amines is 1. The van der Waals surface area contributed by atoms with Crippen LogP contribution in [-0.2, 0) is 15.7 Å². The first-order valence-corrected chi connectivity index (χ1v) is 16.6. The molecule has 3 aromatic rings. The van der Waals surface area contributed by atoms with Crippen LogP contribution in [0.4, 0.5) is 4.79 Å². The first kappa shape index (κ1) is 32.2. The van der Waals surface area contributed by atoms with E-state index in [-0.39, 0.29) is 45.5 Å². The van der Waals surface area contributed by atoms with Crippen LogP contribution >= 0.6 is 11.6 Å². The van der Waals surface area contributed by atoms with Gasteiger partial charge in [0.2, 0.25) is 5.56 Å². The normalized spacial score (nSPS) is 13.2. The van der Waals surface area contributed by atoms with Gasteiger partial charge in [0.25, 0.3) is 0 Å². The van der Waals surface area contributed by atoms with Crippen molar-refractivity contribution in [2.24, 2.45) is 0 Å². The molecule has 3 N–H and O–H groups in total. The molecule has 0 saturated heterocycles. The molecular formula is C30H39ClN2O7Si. The number of phenols is 1. The molecule has 41 heavy (non-hydrogen) atoms. The van der Waals surface area contributed by atoms with Crippen LogP contribution in [0.1, 0.15) is 69.1 Å². The summed E-state index contributed by atoms with van der Waals surface area (Å²) in [5, 5.41) is 20.4. The maximum absolute atomic E-state index is 13.6. The maximum atomic E-state index is 13.6. The Balaban J connectivity index is 2.15. The zero-order chi connectivity index (χ0) is 30.9. The Kier molecular flexibility index (Phi) is 9.32. The number of rotatable bonds is 8. The van der Waals surface area contributed by atoms with Crippen LogP contribution in [-0.4, -0.2) is 52.6 Å². The third-order valence-corrected chi connectivity index (χ3v) is 12.0. The highest BCUT2D eigenvalue weighted by molar-refractivity contribution is 6.74. The van der Waals surface area contributed by atoms with Crippen molar-refractivity contribution in [1.82, 2.24) is 9.88 Å². The van der Waals surface area contributed by atoms with Gasteiger partial charge in [-0.1, -0.05) is 44.5 Å². The summed E-state index contributed by atoms with van der Waals surface area (Å²) in [7, 11) is -2.43. The number of fused-ring (bicyclic) bond motifs is 1. The Labute approximate surface area is 246 Å². The number of ether oxygens (including phenoxy) is 1. The second kappa shape index (κ2) is 11.9. The molecule has 0 aliphatic carbocycles. The smallest absolute Gasteiger partial charge is 0.410 e. The third-order valence-electron chi connectivity index (χ3n) is 7.17. The average molecular weight is 603 g/mol. The van der Waals surface area contributed by atoms with E-state index in [1.54, 1.807) is 39.0 Å². The molecule has 1 atom stereocenters. The van der Waals surface area contributed by atoms with Crippen LogP contribution in [0.15, 0.2) is 47.3 Å². The quantitative estimate of drug-likeness (QED) is 0.235. The largest absolute Gasteiger partial charge is 0.506 e. The van der Waals surface area contributed by atoms with Crippen molar-refractivity contribution < 1.29 is 29.0 Å². The lowest BCUT2D eigenvalue weighted by Crippen LogP contribution is -2.45. The van der Waals surface area contributed by atoms with Gasteiger partial charge in [-0.2, -0.15) is 0 Å². The SMILES string of the molecule is CC(C)(C)OC(=O)N(Cc1ccc(C(=O)O)c(Cl)c1)C[C@H](O[Si](C)(C)C(C)(C)C)c1ccc(O)c2[nH]c(=O)ccc12. The fourth-order valence-electron chi connectivity index (χ4n) is 4.05. The van der Waals surface area contributed by atoms with E-state index in [4.69, 9.17) is 20.8 Å². The number of nitrogens with zero attached hydrogens (tertiary/aromatic N) is 1. The Hall–Kier alpha value is -3.34. The van der Waals surface area contributed by atoms with E-state index >= 15 is 0 Å². The summed E-state index contributed by atoms with van der Waals surface area (Å²) >= 11 is 6.24. The van der Waals surface area contributed by atoms with E-state index in [1.807, 2.05) is 0 Å². The molecule has 0 unspecified atom stereocenters. The number of phenolic OH excluding ortho intramolecular Hbond substituents is 1. The van der Waals surface area contributed by atoms with E-state index in [9.17, 15) is 24.6 Å². The number of nitrogens with one attached hydrogen (secondary N) is 1. The minimum atomic E-state index is -2.43. The first-order valence-electron chi connectivity index (χ1n) is 13.3. The lowest BCUT2D eigenvalue weighted by atomic mass is 10.0. The van der Waals surface area contributed by atoms with E-state index in [1.165, 1.54) is 29.2 Å². The summed E-state index contributed by atoms with van der Waals surface area (Å²) in [5.74, 6) is -1.23. The molecular weight excluding hydrogens is 564 g/mol. The van der Waals surface area contributed by atoms with Gasteiger partial charge in [-0.05, 0) is 74.3 Å². The predicted molar refractivity (Wildman–Crippen MR) is 162 cm³/mol. The molecule has 222 valence electrons. The third kappa shape index (κ3) is 7.90. The van der Waals surface area contributed by atoms with Crippen LogP contribution < -0.4 is 5.56 Å². The fraction of sp³-hybridized carbons (Fsp3) is 0.433. The molecule has 0 bridgehead atoms. The molecule has 2 aromatic carbocycles. The molecule has 0 saturated carbocycles. The van der Waals surface area contributed by atoms with Gasteiger partial charge in [-0.25, -0.2) is 9.59 Å². The molecule has 0 spiro atoms. The fourth-order valence-corrected chi connectivity index (χ4v) is 5.60. The topological polar surface area (TPSA) is 129 Å². The summed E-state index contributed by atoms with van der Waals surface area (Å²) in [4.78, 5) is 41.3. The van der Waals surface area contributed by atoms with Gasteiger partial charge in [-0.15, -0.1) is 0 Å². The number of aromatic hydroxyl groups is 1. The number of benzene rings is 2. The summed E-state index contributed by atoms with van der Waals surface area (Å²) < 4.78 is 12.7. The van der Waals surface area contributed by atoms with Crippen LogP contribution in [0.3, 0.4) is 0 Å². The number of carbonyl (C=O) groups is 2. The van der Waals surface area contributed by atoms with Gasteiger partial charge in [0, 0.05) is 18.0 Å². The number of carboxylic acids is 1. The zero-order valence-corrected chi connectivity index (χ0v) is 26.5. The zero-order valence-electron chi connectivity index (χ0n) is 24.8. The number of hydrogen-bond donors (Lipinski definition) is 3. The van der Waals surface area contributed by atoms with Gasteiger partial charge in [0.05, 0.1) is 28.8 Å². The second-order valence-electron chi connectivity index (χ2n) is 12.6. The van der Waals surface area contributed by atoms with Gasteiger partial charge in [-0.3, -0.25) is 4.79 Å². The van der Waals surface area contributed by atoms with Gasteiger partial charge in [0.1, 0.15) is 11.4 Å². The minimum absolute atomic E-state index is 0.0390. The van der Waals surface area contributed by atoms with E-state index in [2.05, 4.69) is 38.8 Å². The van der Waals surface area contributed by atoms with Crippen molar-refractivity contribution in [1.29, 1.82) is 0 Å². The Morgan fingerprint density at radius 3 is 2.27 bits per heavy atom. The van der Waals surface area contributed by atoms with Crippen molar-refractivity contribution in [3.05, 3.63) is 74.5 Å². The van der Waals surface area contributed by atoms with E-state index in [0.29, 0.717) is 16.5 Å². The Bertz CT molecular complexity index is 1510. The molecule has 11 heteroatoms. The second-order valence-corrected chi connectivity index (χ2v) is 17.8. The number of aromatic nitrogens is 1. The number of carboxylic acid groups (broad SMARTS) is 1. The van der Waals surface area contributed by atoms with Crippen LogP contribution in [0.25, 0.3) is 10.9 Å². The lowest BCUT2D eigenvalue weighted by Gasteiger charge is -2.41. The summed E-state index contributed by atoms with van der Waals surface area (Å²) in [6, 6.07) is 10.8. The molecule has 3 rings (SSSR count). The van der Waals surface area contributed by atoms with E-state index in [0.717, 1.165) is 0 Å². The summed E-state index contributed by atoms with van der Waals surface area (Å²) in [6.07, 6.45) is -1.25. The van der Waals surface area contributed by atoms with Gasteiger partial charge >= 0.3 is 12.1 Å². The van der Waals surface area contributed by atoms with Crippen LogP contribution in [0, 0.1) is 0 Å². The highest BCUT2D eigenvalue weighted by Gasteiger charge is 2.41. The molecule has 0 aliphatic rings. The molecule has 9 nitrogen and oxygen atoms in total. The van der Waals surface area contributed by atoms with Crippen LogP contribution in [0.2, 0.25) is 23.2 Å². The number of hydrogen-bond acceptors (Lipinski definition) is 6. The van der Waals surface area contributed by atoms with Crippen molar-refractivity contribution in [2.75, 3.05) is 6.54 Å². The molecule has 0 fully saturated rings. The number of halogens is 1. The Morgan fingerprint density at radius 1 is 1.05 bits per heavy atom. The standard InChI is InChI=1S/C30H39ClN2O7Si/c1-29(2,3)39-28(38)33(16-18-9-10-21(27(36)37)22(31)15-18)17-24(40-41(7,8)30(4,5)6)19-11-13-23(34)26-20(19)12-14-25(35)32-26/h9-15,24,34H,16-17H2,1-8H3,(H,32,35)(H,36,37)/t24-/m0/s1. The van der Waals surface area contributed by atoms with Crippen LogP contribution in [0.5, 0.6) is 5.75 Å². The van der Waals surface area contributed by atoms with Crippen molar-refractivity contribution in [3.8, 4) is 5.75 Å². The summed E-state index contributed by atoms with van der Waals surface area (Å²) in [6.45, 7) is 16.0. The van der Waals surface area contributed by atoms with Gasteiger partial charge in [0.15, 0.2) is 8.32 Å². The van der Waals surface area contributed by atoms with Crippen molar-refractivity contribution in [3.63, 3.8) is 0 Å².